The highest BCUT2D eigenvalue weighted by Crippen LogP contribution is 2.28. The maximum atomic E-state index is 3.76. The predicted octanol–water partition coefficient (Wildman–Crippen LogP) is 3.70. The van der Waals surface area contributed by atoms with E-state index in [2.05, 4.69) is 63.0 Å². The van der Waals surface area contributed by atoms with Gasteiger partial charge in [0.1, 0.15) is 0 Å². The smallest absolute Gasteiger partial charge is 0.0309 e. The van der Waals surface area contributed by atoms with Gasteiger partial charge in [-0.15, -0.1) is 0 Å². The van der Waals surface area contributed by atoms with E-state index in [0.717, 1.165) is 13.0 Å². The van der Waals surface area contributed by atoms with Gasteiger partial charge in [-0.25, -0.2) is 0 Å². The molecule has 1 N–H and O–H groups in total. The maximum Gasteiger partial charge on any atom is 0.0309 e. The van der Waals surface area contributed by atoms with Gasteiger partial charge in [-0.2, -0.15) is 0 Å². The number of nitrogens with zero attached hydrogens (tertiary/aromatic N) is 1. The number of aryl methyl sites for hydroxylation is 2. The average molecular weight is 288 g/mol. The number of likely N-dealkylation sites (tertiary alicyclic amines) is 1. The standard InChI is InChI=1S/C19H32N2/c1-6-20-18(19(4,5)21-12-7-8-13-21)14-17-15(2)10-9-11-16(17)3/h9-11,18,20H,6-8,12-14H2,1-5H3. The van der Waals surface area contributed by atoms with Crippen LogP contribution in [0.2, 0.25) is 0 Å². The average Bonchev–Trinajstić information content (AvgIpc) is 2.96. The van der Waals surface area contributed by atoms with Crippen molar-refractivity contribution in [1.82, 2.24) is 10.2 Å². The van der Waals surface area contributed by atoms with Gasteiger partial charge in [-0.1, -0.05) is 25.1 Å². The molecule has 1 aliphatic rings. The molecule has 1 aromatic rings. The Bertz CT molecular complexity index is 438. The first kappa shape index (κ1) is 16.5. The van der Waals surface area contributed by atoms with E-state index in [4.69, 9.17) is 0 Å². The summed E-state index contributed by atoms with van der Waals surface area (Å²) >= 11 is 0. The molecule has 1 fully saturated rings. The van der Waals surface area contributed by atoms with E-state index in [1.165, 1.54) is 42.6 Å². The van der Waals surface area contributed by atoms with E-state index in [-0.39, 0.29) is 5.54 Å². The molecular formula is C19H32N2. The van der Waals surface area contributed by atoms with E-state index >= 15 is 0 Å². The van der Waals surface area contributed by atoms with Gasteiger partial charge in [-0.05, 0) is 83.3 Å². The first-order chi connectivity index (χ1) is 9.96. The molecule has 118 valence electrons. The van der Waals surface area contributed by atoms with Crippen molar-refractivity contribution < 1.29 is 0 Å². The number of hydrogen-bond acceptors (Lipinski definition) is 2. The van der Waals surface area contributed by atoms with E-state index < -0.39 is 0 Å². The van der Waals surface area contributed by atoms with Crippen LogP contribution in [0.3, 0.4) is 0 Å². The molecule has 1 unspecified atom stereocenters. The van der Waals surface area contributed by atoms with Gasteiger partial charge in [0.15, 0.2) is 0 Å². The van der Waals surface area contributed by atoms with Gasteiger partial charge in [0.2, 0.25) is 0 Å². The lowest BCUT2D eigenvalue weighted by atomic mass is 9.85. The highest BCUT2D eigenvalue weighted by molar-refractivity contribution is 5.34. The molecule has 0 radical (unpaired) electrons. The molecule has 1 atom stereocenters. The molecule has 2 heteroatoms. The minimum Gasteiger partial charge on any atom is -0.312 e. The molecule has 2 nitrogen and oxygen atoms in total. The summed E-state index contributed by atoms with van der Waals surface area (Å²) in [6.45, 7) is 15.1. The van der Waals surface area contributed by atoms with E-state index in [1.54, 1.807) is 0 Å². The van der Waals surface area contributed by atoms with E-state index in [0.29, 0.717) is 6.04 Å². The van der Waals surface area contributed by atoms with Crippen LogP contribution in [0.4, 0.5) is 0 Å². The van der Waals surface area contributed by atoms with Crippen LogP contribution < -0.4 is 5.32 Å². The lowest BCUT2D eigenvalue weighted by molar-refractivity contribution is 0.107. The van der Waals surface area contributed by atoms with Crippen molar-refractivity contribution in [2.45, 2.75) is 65.5 Å². The number of rotatable bonds is 6. The summed E-state index contributed by atoms with van der Waals surface area (Å²) in [7, 11) is 0. The summed E-state index contributed by atoms with van der Waals surface area (Å²) in [5, 5.41) is 3.76. The molecule has 0 saturated carbocycles. The third-order valence-electron chi connectivity index (χ3n) is 5.28. The minimum absolute atomic E-state index is 0.210. The highest BCUT2D eigenvalue weighted by atomic mass is 15.2. The highest BCUT2D eigenvalue weighted by Gasteiger charge is 2.36. The fourth-order valence-corrected chi connectivity index (χ4v) is 3.71. The van der Waals surface area contributed by atoms with Gasteiger partial charge >= 0.3 is 0 Å². The van der Waals surface area contributed by atoms with Gasteiger partial charge in [0.05, 0.1) is 0 Å². The van der Waals surface area contributed by atoms with Crippen LogP contribution in [-0.4, -0.2) is 36.1 Å². The van der Waals surface area contributed by atoms with Gasteiger partial charge in [0.25, 0.3) is 0 Å². The lowest BCUT2D eigenvalue weighted by Gasteiger charge is -2.43. The normalized spacial score (nSPS) is 18.1. The van der Waals surface area contributed by atoms with Crippen LogP contribution in [0.15, 0.2) is 18.2 Å². The third-order valence-corrected chi connectivity index (χ3v) is 5.28. The molecule has 21 heavy (non-hydrogen) atoms. The lowest BCUT2D eigenvalue weighted by Crippen LogP contribution is -2.57. The van der Waals surface area contributed by atoms with Crippen molar-refractivity contribution in [1.29, 1.82) is 0 Å². The Morgan fingerprint density at radius 2 is 1.71 bits per heavy atom. The Morgan fingerprint density at radius 1 is 1.14 bits per heavy atom. The van der Waals surface area contributed by atoms with Crippen molar-refractivity contribution in [3.8, 4) is 0 Å². The fraction of sp³-hybridized carbons (Fsp3) is 0.684. The first-order valence-electron chi connectivity index (χ1n) is 8.50. The molecule has 0 bridgehead atoms. The zero-order chi connectivity index (χ0) is 15.5. The van der Waals surface area contributed by atoms with Gasteiger partial charge < -0.3 is 5.32 Å². The summed E-state index contributed by atoms with van der Waals surface area (Å²) in [6.07, 6.45) is 3.83. The Hall–Kier alpha value is -0.860. The minimum atomic E-state index is 0.210. The summed E-state index contributed by atoms with van der Waals surface area (Å²) in [6, 6.07) is 7.16. The topological polar surface area (TPSA) is 15.3 Å². The molecule has 1 saturated heterocycles. The Balaban J connectivity index is 2.22. The molecule has 0 amide bonds. The first-order valence-corrected chi connectivity index (χ1v) is 8.50. The van der Waals surface area contributed by atoms with Crippen LogP contribution in [0, 0.1) is 13.8 Å². The van der Waals surface area contributed by atoms with Gasteiger partial charge in [-0.3, -0.25) is 4.90 Å². The second-order valence-electron chi connectivity index (χ2n) is 7.03. The molecule has 1 heterocycles. The summed E-state index contributed by atoms with van der Waals surface area (Å²) in [5.74, 6) is 0. The second-order valence-corrected chi connectivity index (χ2v) is 7.03. The summed E-state index contributed by atoms with van der Waals surface area (Å²) in [4.78, 5) is 2.67. The third kappa shape index (κ3) is 3.67. The quantitative estimate of drug-likeness (QED) is 0.858. The number of benzene rings is 1. The number of nitrogens with one attached hydrogen (secondary N) is 1. The Kier molecular flexibility index (Phi) is 5.45. The molecular weight excluding hydrogens is 256 g/mol. The van der Waals surface area contributed by atoms with Crippen LogP contribution in [-0.2, 0) is 6.42 Å². The fourth-order valence-electron chi connectivity index (χ4n) is 3.71. The molecule has 0 aromatic heterocycles. The number of hydrogen-bond donors (Lipinski definition) is 1. The molecule has 0 aliphatic carbocycles. The van der Waals surface area contributed by atoms with Crippen molar-refractivity contribution in [2.75, 3.05) is 19.6 Å². The van der Waals surface area contributed by atoms with Crippen LogP contribution >= 0.6 is 0 Å². The Labute approximate surface area is 130 Å². The van der Waals surface area contributed by atoms with Crippen molar-refractivity contribution >= 4 is 0 Å². The van der Waals surface area contributed by atoms with Crippen LogP contribution in [0.1, 0.15) is 50.3 Å². The van der Waals surface area contributed by atoms with Crippen LogP contribution in [0.5, 0.6) is 0 Å². The largest absolute Gasteiger partial charge is 0.312 e. The molecule has 0 spiro atoms. The van der Waals surface area contributed by atoms with Crippen molar-refractivity contribution in [3.05, 3.63) is 34.9 Å². The van der Waals surface area contributed by atoms with Crippen molar-refractivity contribution in [2.24, 2.45) is 0 Å². The van der Waals surface area contributed by atoms with Crippen LogP contribution in [0.25, 0.3) is 0 Å². The zero-order valence-electron chi connectivity index (χ0n) is 14.5. The number of likely N-dealkylation sites (N-methyl/N-ethyl adjacent to an activating group) is 1. The van der Waals surface area contributed by atoms with Gasteiger partial charge in [0, 0.05) is 11.6 Å². The maximum absolute atomic E-state index is 3.76. The summed E-state index contributed by atoms with van der Waals surface area (Å²) in [5.41, 5.74) is 4.59. The van der Waals surface area contributed by atoms with E-state index in [9.17, 15) is 0 Å². The summed E-state index contributed by atoms with van der Waals surface area (Å²) < 4.78 is 0. The second kappa shape index (κ2) is 6.93. The SMILES string of the molecule is CCNC(Cc1c(C)cccc1C)C(C)(C)N1CCCC1. The molecule has 1 aromatic carbocycles. The van der Waals surface area contributed by atoms with E-state index in [1.807, 2.05) is 0 Å². The predicted molar refractivity (Wildman–Crippen MR) is 92.0 cm³/mol. The Morgan fingerprint density at radius 3 is 2.24 bits per heavy atom. The molecule has 2 rings (SSSR count). The monoisotopic (exact) mass is 288 g/mol. The zero-order valence-corrected chi connectivity index (χ0v) is 14.5. The van der Waals surface area contributed by atoms with Crippen molar-refractivity contribution in [3.63, 3.8) is 0 Å². The molecule has 1 aliphatic heterocycles.